The van der Waals surface area contributed by atoms with Gasteiger partial charge in [0.15, 0.2) is 5.04 Å². The molecule has 0 amide bonds. The number of nitrogens with zero attached hydrogens (tertiary/aromatic N) is 2. The van der Waals surface area contributed by atoms with Crippen LogP contribution in [-0.4, -0.2) is 25.0 Å². The molecule has 0 saturated heterocycles. The third-order valence-electron chi connectivity index (χ3n) is 3.07. The van der Waals surface area contributed by atoms with E-state index in [1.165, 1.54) is 0 Å². The van der Waals surface area contributed by atoms with E-state index in [9.17, 15) is 8.42 Å². The Morgan fingerprint density at radius 1 is 1.50 bits per heavy atom. The minimum atomic E-state index is -3.52. The first-order chi connectivity index (χ1) is 8.54. The second-order valence-electron chi connectivity index (χ2n) is 4.48. The van der Waals surface area contributed by atoms with Crippen molar-refractivity contribution < 1.29 is 8.42 Å². The maximum Gasteiger partial charge on any atom is 0.258 e. The van der Waals surface area contributed by atoms with Gasteiger partial charge in [0.25, 0.3) is 10.0 Å². The monoisotopic (exact) mass is 267 g/mol. The SMILES string of the molecule is CC[C@H](C)CNS(=O)(=O)C1=NCc2ncccc21. The fourth-order valence-corrected chi connectivity index (χ4v) is 3.04. The van der Waals surface area contributed by atoms with Crippen molar-refractivity contribution in [3.05, 3.63) is 29.6 Å². The van der Waals surface area contributed by atoms with E-state index in [1.54, 1.807) is 18.3 Å². The van der Waals surface area contributed by atoms with Crippen molar-refractivity contribution in [3.63, 3.8) is 0 Å². The number of hydrogen-bond donors (Lipinski definition) is 1. The summed E-state index contributed by atoms with van der Waals surface area (Å²) in [6.07, 6.45) is 2.59. The molecule has 0 bridgehead atoms. The van der Waals surface area contributed by atoms with Crippen LogP contribution >= 0.6 is 0 Å². The molecule has 1 aromatic rings. The number of rotatable bonds is 4. The zero-order chi connectivity index (χ0) is 13.2. The third kappa shape index (κ3) is 2.59. The van der Waals surface area contributed by atoms with E-state index >= 15 is 0 Å². The van der Waals surface area contributed by atoms with Gasteiger partial charge >= 0.3 is 0 Å². The van der Waals surface area contributed by atoms with Crippen LogP contribution in [0.4, 0.5) is 0 Å². The standard InChI is InChI=1S/C12H17N3O2S/c1-3-9(2)7-15-18(16,17)12-10-5-4-6-13-11(10)8-14-12/h4-6,9,15H,3,7-8H2,1-2H3/t9-/m0/s1. The molecule has 2 heterocycles. The summed E-state index contributed by atoms with van der Waals surface area (Å²) >= 11 is 0. The van der Waals surface area contributed by atoms with Crippen LogP contribution in [0.5, 0.6) is 0 Å². The molecule has 1 aromatic heterocycles. The van der Waals surface area contributed by atoms with E-state index in [4.69, 9.17) is 0 Å². The van der Waals surface area contributed by atoms with Gasteiger partial charge in [-0.3, -0.25) is 9.98 Å². The predicted octanol–water partition coefficient (Wildman–Crippen LogP) is 1.31. The molecule has 1 aliphatic rings. The van der Waals surface area contributed by atoms with Crippen molar-refractivity contribution in [1.82, 2.24) is 9.71 Å². The molecule has 0 radical (unpaired) electrons. The zero-order valence-electron chi connectivity index (χ0n) is 10.5. The van der Waals surface area contributed by atoms with E-state index < -0.39 is 10.0 Å². The van der Waals surface area contributed by atoms with E-state index in [0.29, 0.717) is 24.6 Å². The minimum Gasteiger partial charge on any atom is -0.265 e. The Labute approximate surface area is 107 Å². The molecule has 1 aliphatic heterocycles. The van der Waals surface area contributed by atoms with E-state index in [1.807, 2.05) is 13.8 Å². The summed E-state index contributed by atoms with van der Waals surface area (Å²) in [7, 11) is -3.52. The van der Waals surface area contributed by atoms with Crippen LogP contribution in [-0.2, 0) is 16.6 Å². The Bertz CT molecular complexity index is 566. The topological polar surface area (TPSA) is 71.4 Å². The zero-order valence-corrected chi connectivity index (χ0v) is 11.4. The smallest absolute Gasteiger partial charge is 0.258 e. The number of aromatic nitrogens is 1. The molecule has 2 rings (SSSR count). The quantitative estimate of drug-likeness (QED) is 0.894. The summed E-state index contributed by atoms with van der Waals surface area (Å²) in [4.78, 5) is 8.21. The molecular formula is C12H17N3O2S. The van der Waals surface area contributed by atoms with Crippen molar-refractivity contribution in [3.8, 4) is 0 Å². The number of aliphatic imine (C=N–C) groups is 1. The van der Waals surface area contributed by atoms with Crippen LogP contribution in [0.15, 0.2) is 23.3 Å². The van der Waals surface area contributed by atoms with Gasteiger partial charge < -0.3 is 0 Å². The highest BCUT2D eigenvalue weighted by molar-refractivity contribution is 8.05. The van der Waals surface area contributed by atoms with Gasteiger partial charge in [0, 0.05) is 18.3 Å². The molecule has 0 saturated carbocycles. The van der Waals surface area contributed by atoms with E-state index in [-0.39, 0.29) is 5.04 Å². The van der Waals surface area contributed by atoms with Gasteiger partial charge in [-0.25, -0.2) is 13.1 Å². The highest BCUT2D eigenvalue weighted by atomic mass is 32.2. The Morgan fingerprint density at radius 3 is 3.00 bits per heavy atom. The first kappa shape index (κ1) is 13.2. The normalized spacial score (nSPS) is 16.2. The Kier molecular flexibility index (Phi) is 3.77. The van der Waals surface area contributed by atoms with Gasteiger partial charge in [0.2, 0.25) is 0 Å². The average molecular weight is 267 g/mol. The maximum atomic E-state index is 12.1. The summed E-state index contributed by atoms with van der Waals surface area (Å²) in [6.45, 7) is 4.82. The number of pyridine rings is 1. The molecular weight excluding hydrogens is 250 g/mol. The van der Waals surface area contributed by atoms with Crippen LogP contribution in [0.25, 0.3) is 0 Å². The van der Waals surface area contributed by atoms with Gasteiger partial charge in [-0.1, -0.05) is 20.3 Å². The van der Waals surface area contributed by atoms with Crippen LogP contribution < -0.4 is 4.72 Å². The van der Waals surface area contributed by atoms with Gasteiger partial charge in [-0.2, -0.15) is 0 Å². The lowest BCUT2D eigenvalue weighted by Gasteiger charge is -2.11. The van der Waals surface area contributed by atoms with E-state index in [0.717, 1.165) is 12.1 Å². The second-order valence-corrected chi connectivity index (χ2v) is 6.17. The fourth-order valence-electron chi connectivity index (χ4n) is 1.68. The first-order valence-corrected chi connectivity index (χ1v) is 7.51. The summed E-state index contributed by atoms with van der Waals surface area (Å²) < 4.78 is 26.9. The summed E-state index contributed by atoms with van der Waals surface area (Å²) in [5, 5.41) is 0.119. The second kappa shape index (κ2) is 5.16. The molecule has 0 unspecified atom stereocenters. The molecule has 98 valence electrons. The van der Waals surface area contributed by atoms with Crippen LogP contribution in [0.2, 0.25) is 0 Å². The average Bonchev–Trinajstić information content (AvgIpc) is 2.80. The fraction of sp³-hybridized carbons (Fsp3) is 0.500. The highest BCUT2D eigenvalue weighted by Crippen LogP contribution is 2.18. The number of nitrogens with one attached hydrogen (secondary N) is 1. The van der Waals surface area contributed by atoms with Crippen molar-refractivity contribution in [2.75, 3.05) is 6.54 Å². The largest absolute Gasteiger partial charge is 0.265 e. The maximum absolute atomic E-state index is 12.1. The molecule has 1 atom stereocenters. The molecule has 0 aromatic carbocycles. The Balaban J connectivity index is 2.18. The Morgan fingerprint density at radius 2 is 2.28 bits per heavy atom. The summed E-state index contributed by atoms with van der Waals surface area (Å²) in [5.74, 6) is 0.315. The van der Waals surface area contributed by atoms with Crippen molar-refractivity contribution in [1.29, 1.82) is 0 Å². The molecule has 0 fully saturated rings. The minimum absolute atomic E-state index is 0.119. The van der Waals surface area contributed by atoms with Gasteiger partial charge in [-0.05, 0) is 18.1 Å². The van der Waals surface area contributed by atoms with Crippen LogP contribution in [0, 0.1) is 5.92 Å². The number of hydrogen-bond acceptors (Lipinski definition) is 4. The molecule has 0 aliphatic carbocycles. The van der Waals surface area contributed by atoms with Crippen molar-refractivity contribution >= 4 is 15.1 Å². The highest BCUT2D eigenvalue weighted by Gasteiger charge is 2.28. The van der Waals surface area contributed by atoms with Crippen LogP contribution in [0.3, 0.4) is 0 Å². The first-order valence-electron chi connectivity index (χ1n) is 6.03. The molecule has 1 N–H and O–H groups in total. The molecule has 5 nitrogen and oxygen atoms in total. The van der Waals surface area contributed by atoms with E-state index in [2.05, 4.69) is 14.7 Å². The van der Waals surface area contributed by atoms with Crippen molar-refractivity contribution in [2.45, 2.75) is 26.8 Å². The number of fused-ring (bicyclic) bond motifs is 1. The summed E-state index contributed by atoms with van der Waals surface area (Å²) in [5.41, 5.74) is 1.34. The molecule has 18 heavy (non-hydrogen) atoms. The van der Waals surface area contributed by atoms with Gasteiger partial charge in [0.05, 0.1) is 12.2 Å². The predicted molar refractivity (Wildman–Crippen MR) is 70.9 cm³/mol. The molecule has 6 heteroatoms. The third-order valence-corrected chi connectivity index (χ3v) is 4.47. The van der Waals surface area contributed by atoms with Gasteiger partial charge in [0.1, 0.15) is 0 Å². The lowest BCUT2D eigenvalue weighted by molar-refractivity contribution is 0.534. The molecule has 0 spiro atoms. The lowest BCUT2D eigenvalue weighted by atomic mass is 10.1. The van der Waals surface area contributed by atoms with Crippen LogP contribution in [0.1, 0.15) is 31.5 Å². The van der Waals surface area contributed by atoms with Gasteiger partial charge in [-0.15, -0.1) is 0 Å². The number of sulfonamides is 1. The summed E-state index contributed by atoms with van der Waals surface area (Å²) in [6, 6.07) is 3.47. The Hall–Kier alpha value is -1.27. The lowest BCUT2D eigenvalue weighted by Crippen LogP contribution is -2.33. The van der Waals surface area contributed by atoms with Crippen molar-refractivity contribution in [2.24, 2.45) is 10.9 Å².